The number of amides is 1. The van der Waals surface area contributed by atoms with E-state index in [0.717, 1.165) is 42.7 Å². The maximum Gasteiger partial charge on any atom is 0.291 e. The summed E-state index contributed by atoms with van der Waals surface area (Å²) in [5, 5.41) is 4.33. The molecular weight excluding hydrogens is 404 g/mol. The maximum absolute atomic E-state index is 13.3. The molecule has 0 atom stereocenters. The van der Waals surface area contributed by atoms with Gasteiger partial charge >= 0.3 is 0 Å². The van der Waals surface area contributed by atoms with E-state index >= 15 is 0 Å². The fourth-order valence-corrected chi connectivity index (χ4v) is 4.50. The van der Waals surface area contributed by atoms with Crippen LogP contribution in [0.3, 0.4) is 0 Å². The van der Waals surface area contributed by atoms with Gasteiger partial charge in [-0.15, -0.1) is 0 Å². The van der Waals surface area contributed by atoms with Crippen LogP contribution in [0.15, 0.2) is 22.7 Å². The second kappa shape index (κ2) is 7.25. The van der Waals surface area contributed by atoms with Gasteiger partial charge in [-0.1, -0.05) is 0 Å². The SMILES string of the molecule is Cc1cc2c(NC3(C)CC3)nc(C(=O)N3CCC(c4nccc(C5CC5)n4)CC3)nc2o1. The highest BCUT2D eigenvalue weighted by atomic mass is 16.3. The Labute approximate surface area is 186 Å². The molecule has 32 heavy (non-hydrogen) atoms. The second-order valence-corrected chi connectivity index (χ2v) is 9.84. The molecule has 1 N–H and O–H groups in total. The van der Waals surface area contributed by atoms with Gasteiger partial charge in [0.1, 0.15) is 17.4 Å². The summed E-state index contributed by atoms with van der Waals surface area (Å²) in [5.74, 6) is 3.35. The standard InChI is InChI=1S/C24H28N6O2/c1-14-13-17-20(29-24(2)8-9-24)27-21(28-22(17)32-14)23(31)30-11-6-16(7-12-30)19-25-10-5-18(26-19)15-3-4-15/h5,10,13,15-16H,3-4,6-9,11-12H2,1-2H3,(H,27,28,29). The average molecular weight is 433 g/mol. The van der Waals surface area contributed by atoms with Gasteiger partial charge in [0.2, 0.25) is 11.5 Å². The number of fused-ring (bicyclic) bond motifs is 1. The molecule has 3 aromatic rings. The topological polar surface area (TPSA) is 97.0 Å². The van der Waals surface area contributed by atoms with Crippen molar-refractivity contribution in [2.24, 2.45) is 0 Å². The van der Waals surface area contributed by atoms with E-state index in [4.69, 9.17) is 9.40 Å². The number of carbonyl (C=O) groups excluding carboxylic acids is 1. The summed E-state index contributed by atoms with van der Waals surface area (Å²) in [6, 6.07) is 3.97. The quantitative estimate of drug-likeness (QED) is 0.646. The summed E-state index contributed by atoms with van der Waals surface area (Å²) in [4.78, 5) is 33.6. The molecule has 6 rings (SSSR count). The average Bonchev–Trinajstić information content (AvgIpc) is 3.73. The van der Waals surface area contributed by atoms with Crippen molar-refractivity contribution in [1.29, 1.82) is 0 Å². The van der Waals surface area contributed by atoms with Gasteiger partial charge in [-0.2, -0.15) is 4.98 Å². The molecule has 3 aromatic heterocycles. The first-order valence-electron chi connectivity index (χ1n) is 11.7. The maximum atomic E-state index is 13.3. The number of aryl methyl sites for hydroxylation is 1. The van der Waals surface area contributed by atoms with Crippen LogP contribution in [0.4, 0.5) is 5.82 Å². The van der Waals surface area contributed by atoms with Crippen LogP contribution < -0.4 is 5.32 Å². The fraction of sp³-hybridized carbons (Fsp3) is 0.542. The fourth-order valence-electron chi connectivity index (χ4n) is 4.50. The zero-order valence-electron chi connectivity index (χ0n) is 18.6. The molecular formula is C24H28N6O2. The summed E-state index contributed by atoms with van der Waals surface area (Å²) in [6.07, 6.45) is 8.25. The second-order valence-electron chi connectivity index (χ2n) is 9.84. The highest BCUT2D eigenvalue weighted by Gasteiger charge is 2.38. The van der Waals surface area contributed by atoms with E-state index in [0.29, 0.717) is 36.5 Å². The Hall–Kier alpha value is -3.03. The molecule has 2 saturated carbocycles. The zero-order chi connectivity index (χ0) is 21.9. The van der Waals surface area contributed by atoms with Crippen molar-refractivity contribution in [3.63, 3.8) is 0 Å². The van der Waals surface area contributed by atoms with Gasteiger partial charge in [-0.25, -0.2) is 15.0 Å². The highest BCUT2D eigenvalue weighted by molar-refractivity contribution is 5.95. The molecule has 2 aliphatic carbocycles. The number of hydrogen-bond donors (Lipinski definition) is 1. The van der Waals surface area contributed by atoms with Gasteiger partial charge in [0.15, 0.2) is 0 Å². The number of rotatable bonds is 5. The minimum Gasteiger partial charge on any atom is -0.443 e. The molecule has 8 heteroatoms. The van der Waals surface area contributed by atoms with E-state index in [9.17, 15) is 4.79 Å². The Balaban J connectivity index is 1.20. The number of nitrogens with zero attached hydrogens (tertiary/aromatic N) is 5. The van der Waals surface area contributed by atoms with Crippen LogP contribution in [0.25, 0.3) is 11.1 Å². The van der Waals surface area contributed by atoms with E-state index in [2.05, 4.69) is 27.2 Å². The van der Waals surface area contributed by atoms with Gasteiger partial charge in [0.25, 0.3) is 5.91 Å². The zero-order valence-corrected chi connectivity index (χ0v) is 18.6. The Bertz CT molecular complexity index is 1190. The summed E-state index contributed by atoms with van der Waals surface area (Å²) in [7, 11) is 0. The lowest BCUT2D eigenvalue weighted by Crippen LogP contribution is -2.39. The predicted octanol–water partition coefficient (Wildman–Crippen LogP) is 4.18. The first-order chi connectivity index (χ1) is 15.5. The number of hydrogen-bond acceptors (Lipinski definition) is 7. The van der Waals surface area contributed by atoms with Crippen LogP contribution in [0.1, 0.15) is 85.2 Å². The number of aromatic nitrogens is 4. The molecule has 3 aliphatic rings. The molecule has 3 fully saturated rings. The molecule has 1 saturated heterocycles. The number of likely N-dealkylation sites (tertiary alicyclic amines) is 1. The third-order valence-corrected chi connectivity index (χ3v) is 6.97. The largest absolute Gasteiger partial charge is 0.443 e. The summed E-state index contributed by atoms with van der Waals surface area (Å²) >= 11 is 0. The number of furan rings is 1. The molecule has 0 aromatic carbocycles. The van der Waals surface area contributed by atoms with Crippen molar-refractivity contribution in [2.75, 3.05) is 18.4 Å². The lowest BCUT2D eigenvalue weighted by molar-refractivity contribution is 0.0698. The molecule has 8 nitrogen and oxygen atoms in total. The Morgan fingerprint density at radius 2 is 1.91 bits per heavy atom. The minimum absolute atomic E-state index is 0.0418. The van der Waals surface area contributed by atoms with Crippen molar-refractivity contribution >= 4 is 22.8 Å². The molecule has 0 bridgehead atoms. The molecule has 4 heterocycles. The van der Waals surface area contributed by atoms with Crippen LogP contribution in [-0.2, 0) is 0 Å². The monoisotopic (exact) mass is 432 g/mol. The first-order valence-corrected chi connectivity index (χ1v) is 11.7. The van der Waals surface area contributed by atoms with E-state index in [1.807, 2.05) is 30.2 Å². The normalized spacial score (nSPS) is 20.5. The van der Waals surface area contributed by atoms with Crippen LogP contribution in [0.2, 0.25) is 0 Å². The molecule has 1 amide bonds. The Kier molecular flexibility index (Phi) is 4.45. The number of anilines is 1. The Morgan fingerprint density at radius 3 is 2.62 bits per heavy atom. The third-order valence-electron chi connectivity index (χ3n) is 6.97. The number of nitrogens with one attached hydrogen (secondary N) is 1. The van der Waals surface area contributed by atoms with E-state index in [-0.39, 0.29) is 17.3 Å². The smallest absolute Gasteiger partial charge is 0.291 e. The minimum atomic E-state index is -0.143. The van der Waals surface area contributed by atoms with Crippen molar-refractivity contribution in [1.82, 2.24) is 24.8 Å². The van der Waals surface area contributed by atoms with Crippen LogP contribution in [-0.4, -0.2) is 49.4 Å². The van der Waals surface area contributed by atoms with Gasteiger partial charge in [0.05, 0.1) is 5.39 Å². The van der Waals surface area contributed by atoms with Gasteiger partial charge in [-0.05, 0) is 64.5 Å². The molecule has 166 valence electrons. The van der Waals surface area contributed by atoms with Crippen molar-refractivity contribution in [2.45, 2.75) is 69.7 Å². The van der Waals surface area contributed by atoms with Gasteiger partial charge in [-0.3, -0.25) is 4.79 Å². The van der Waals surface area contributed by atoms with Crippen LogP contribution >= 0.6 is 0 Å². The van der Waals surface area contributed by atoms with Gasteiger partial charge < -0.3 is 14.6 Å². The third kappa shape index (κ3) is 3.72. The van der Waals surface area contributed by atoms with E-state index in [1.54, 1.807) is 0 Å². The Morgan fingerprint density at radius 1 is 1.12 bits per heavy atom. The predicted molar refractivity (Wildman–Crippen MR) is 120 cm³/mol. The molecule has 0 unspecified atom stereocenters. The number of piperidine rings is 1. The lowest BCUT2D eigenvalue weighted by Gasteiger charge is -2.31. The lowest BCUT2D eigenvalue weighted by atomic mass is 9.95. The van der Waals surface area contributed by atoms with Crippen LogP contribution in [0.5, 0.6) is 0 Å². The molecule has 1 aliphatic heterocycles. The van der Waals surface area contributed by atoms with Crippen molar-refractivity contribution < 1.29 is 9.21 Å². The van der Waals surface area contributed by atoms with Crippen molar-refractivity contribution in [3.8, 4) is 0 Å². The molecule has 0 spiro atoms. The first kappa shape index (κ1) is 19.6. The van der Waals surface area contributed by atoms with Gasteiger partial charge in [0, 0.05) is 42.4 Å². The molecule has 0 radical (unpaired) electrons. The van der Waals surface area contributed by atoms with Crippen molar-refractivity contribution in [3.05, 3.63) is 41.4 Å². The summed E-state index contributed by atoms with van der Waals surface area (Å²) < 4.78 is 5.75. The van der Waals surface area contributed by atoms with E-state index in [1.165, 1.54) is 18.5 Å². The highest BCUT2D eigenvalue weighted by Crippen LogP contribution is 2.40. The number of carbonyl (C=O) groups is 1. The van der Waals surface area contributed by atoms with E-state index < -0.39 is 0 Å². The summed E-state index contributed by atoms with van der Waals surface area (Å²) in [6.45, 7) is 5.36. The van der Waals surface area contributed by atoms with Crippen LogP contribution in [0, 0.1) is 6.92 Å². The summed E-state index contributed by atoms with van der Waals surface area (Å²) in [5.41, 5.74) is 1.68.